The second-order valence-electron chi connectivity index (χ2n) is 15.7. The van der Waals surface area contributed by atoms with Crippen molar-refractivity contribution >= 4 is 86.4 Å². The zero-order chi connectivity index (χ0) is 38.6. The Bertz CT molecular complexity index is 3780. The van der Waals surface area contributed by atoms with Gasteiger partial charge in [-0.15, -0.1) is 0 Å². The quantitative estimate of drug-likeness (QED) is 0.168. The Kier molecular flexibility index (Phi) is 6.72. The smallest absolute Gasteiger partial charge is 0.162 e. The van der Waals surface area contributed by atoms with Gasteiger partial charge in [-0.2, -0.15) is 0 Å². The summed E-state index contributed by atoms with van der Waals surface area (Å²) in [7, 11) is 0. The van der Waals surface area contributed by atoms with Crippen molar-refractivity contribution in [3.8, 4) is 39.6 Å². The number of para-hydroxylation sites is 2. The molecule has 2 heterocycles. The van der Waals surface area contributed by atoms with Crippen molar-refractivity contribution in [3.05, 3.63) is 200 Å². The van der Waals surface area contributed by atoms with Gasteiger partial charge < -0.3 is 0 Å². The molecule has 59 heavy (non-hydrogen) atoms. The summed E-state index contributed by atoms with van der Waals surface area (Å²) in [4.78, 5) is 10.7. The van der Waals surface area contributed by atoms with Crippen LogP contribution in [0.2, 0.25) is 0 Å². The zero-order valence-corrected chi connectivity index (χ0v) is 31.9. The molecular formula is C56H33N3. The van der Waals surface area contributed by atoms with Crippen molar-refractivity contribution in [3.63, 3.8) is 0 Å². The highest BCUT2D eigenvalue weighted by atomic mass is 15.1. The Labute approximate surface area is 339 Å². The first-order chi connectivity index (χ1) is 29.3. The predicted octanol–water partition coefficient (Wildman–Crippen LogP) is 14.9. The van der Waals surface area contributed by atoms with Gasteiger partial charge in [0.05, 0.1) is 16.7 Å². The fraction of sp³-hybridized carbons (Fsp3) is 0. The minimum atomic E-state index is 0.688. The molecule has 3 heteroatoms. The van der Waals surface area contributed by atoms with Crippen molar-refractivity contribution in [2.75, 3.05) is 0 Å². The molecule has 0 unspecified atom stereocenters. The molecule has 0 radical (unpaired) electrons. The van der Waals surface area contributed by atoms with Crippen molar-refractivity contribution in [1.29, 1.82) is 0 Å². The highest BCUT2D eigenvalue weighted by molar-refractivity contribution is 6.37. The summed E-state index contributed by atoms with van der Waals surface area (Å²) >= 11 is 0. The Balaban J connectivity index is 1.13. The Morgan fingerprint density at radius 1 is 0.305 bits per heavy atom. The third kappa shape index (κ3) is 4.70. The minimum Gasteiger partial charge on any atom is -0.294 e. The molecule has 3 nitrogen and oxygen atoms in total. The van der Waals surface area contributed by atoms with Gasteiger partial charge in [-0.05, 0) is 100 Å². The predicted molar refractivity (Wildman–Crippen MR) is 249 cm³/mol. The van der Waals surface area contributed by atoms with Gasteiger partial charge in [-0.25, -0.2) is 9.97 Å². The highest BCUT2D eigenvalue weighted by Gasteiger charge is 2.20. The molecule has 0 atom stereocenters. The lowest BCUT2D eigenvalue weighted by Gasteiger charge is -2.18. The largest absolute Gasteiger partial charge is 0.294 e. The molecule has 0 aliphatic heterocycles. The number of benzene rings is 10. The van der Waals surface area contributed by atoms with E-state index < -0.39 is 0 Å². The van der Waals surface area contributed by atoms with Crippen LogP contribution >= 0.6 is 0 Å². The molecule has 13 aromatic rings. The van der Waals surface area contributed by atoms with Crippen LogP contribution < -0.4 is 0 Å². The first-order valence-corrected chi connectivity index (χ1v) is 20.2. The average Bonchev–Trinajstić information content (AvgIpc) is 3.64. The summed E-state index contributed by atoms with van der Waals surface area (Å²) in [6, 6.07) is 72.8. The van der Waals surface area contributed by atoms with Crippen LogP contribution in [0.25, 0.3) is 126 Å². The molecule has 0 N–H and O–H groups in total. The second kappa shape index (κ2) is 12.3. The molecule has 2 aromatic heterocycles. The van der Waals surface area contributed by atoms with E-state index >= 15 is 0 Å². The van der Waals surface area contributed by atoms with E-state index in [0.29, 0.717) is 5.82 Å². The lowest BCUT2D eigenvalue weighted by molar-refractivity contribution is 1.05. The van der Waals surface area contributed by atoms with Gasteiger partial charge in [0.1, 0.15) is 5.82 Å². The lowest BCUT2D eigenvalue weighted by Crippen LogP contribution is -2.03. The Hall–Kier alpha value is -7.88. The van der Waals surface area contributed by atoms with E-state index in [-0.39, 0.29) is 0 Å². The summed E-state index contributed by atoms with van der Waals surface area (Å²) in [6.07, 6.45) is 0. The van der Waals surface area contributed by atoms with Gasteiger partial charge >= 0.3 is 0 Å². The molecule has 0 bridgehead atoms. The maximum Gasteiger partial charge on any atom is 0.162 e. The summed E-state index contributed by atoms with van der Waals surface area (Å²) in [6.45, 7) is 0. The van der Waals surface area contributed by atoms with Crippen LogP contribution in [0.3, 0.4) is 0 Å². The molecule has 272 valence electrons. The van der Waals surface area contributed by atoms with Crippen LogP contribution in [0.15, 0.2) is 200 Å². The lowest BCUT2D eigenvalue weighted by atomic mass is 9.86. The third-order valence-corrected chi connectivity index (χ3v) is 12.5. The molecule has 13 rings (SSSR count). The van der Waals surface area contributed by atoms with Crippen LogP contribution in [0.5, 0.6) is 0 Å². The maximum atomic E-state index is 5.37. The normalized spacial score (nSPS) is 12.1. The highest BCUT2D eigenvalue weighted by Crippen LogP contribution is 2.45. The van der Waals surface area contributed by atoms with Gasteiger partial charge in [-0.1, -0.05) is 170 Å². The number of hydrogen-bond acceptors (Lipinski definition) is 2. The summed E-state index contributed by atoms with van der Waals surface area (Å²) in [5.74, 6) is 1.52. The first-order valence-electron chi connectivity index (χ1n) is 20.2. The van der Waals surface area contributed by atoms with Crippen LogP contribution in [0.4, 0.5) is 0 Å². The molecule has 0 spiro atoms. The second-order valence-corrected chi connectivity index (χ2v) is 15.7. The average molecular weight is 748 g/mol. The molecule has 0 saturated heterocycles. The topological polar surface area (TPSA) is 30.7 Å². The number of rotatable bonds is 4. The molecular weight excluding hydrogens is 715 g/mol. The van der Waals surface area contributed by atoms with Crippen molar-refractivity contribution in [2.24, 2.45) is 0 Å². The first kappa shape index (κ1) is 32.2. The number of fused-ring (bicyclic) bond motifs is 5. The maximum absolute atomic E-state index is 5.37. The monoisotopic (exact) mass is 747 g/mol. The number of nitrogens with zero attached hydrogens (tertiary/aromatic N) is 3. The van der Waals surface area contributed by atoms with E-state index in [1.165, 1.54) is 75.4 Å². The molecule has 11 aromatic carbocycles. The van der Waals surface area contributed by atoms with Gasteiger partial charge in [0, 0.05) is 28.0 Å². The van der Waals surface area contributed by atoms with E-state index in [9.17, 15) is 0 Å². The van der Waals surface area contributed by atoms with Crippen molar-refractivity contribution in [1.82, 2.24) is 14.5 Å². The van der Waals surface area contributed by atoms with E-state index in [0.717, 1.165) is 44.8 Å². The Morgan fingerprint density at radius 3 is 1.42 bits per heavy atom. The summed E-state index contributed by atoms with van der Waals surface area (Å²) < 4.78 is 2.29. The molecule has 0 fully saturated rings. The van der Waals surface area contributed by atoms with Gasteiger partial charge in [0.2, 0.25) is 0 Å². The summed E-state index contributed by atoms with van der Waals surface area (Å²) in [5, 5.41) is 17.7. The van der Waals surface area contributed by atoms with E-state index in [1.54, 1.807) is 0 Å². The fourth-order valence-corrected chi connectivity index (χ4v) is 9.97. The van der Waals surface area contributed by atoms with Crippen LogP contribution in [-0.4, -0.2) is 14.5 Å². The third-order valence-electron chi connectivity index (χ3n) is 12.5. The minimum absolute atomic E-state index is 0.688. The van der Waals surface area contributed by atoms with E-state index in [4.69, 9.17) is 9.97 Å². The SMILES string of the molecule is c1ccc(-c2nc(-c3ccccc3-c3cc4ccc5cccc6c7cccc8ccc9cccc(c(c3)c4c56)c9c87)cc(-n3c4ccccc4c4ccccc43)n2)cc1. The fourth-order valence-electron chi connectivity index (χ4n) is 9.97. The molecule has 0 aliphatic carbocycles. The standard InChI is InChI=1S/C56H33N3/c1-2-13-37(14-3-1)56-57-48(33-51(58-56)59-49-25-8-6-20-42(49)43-21-7-9-26-50(43)59)41-19-5-4-18-40(41)39-31-38-30-29-36-16-11-23-45-44-22-10-15-34-27-28-35-17-12-24-46(54(35)52(34)44)47(32-39)55(38)53(36)45/h1-33H. The van der Waals surface area contributed by atoms with Crippen LogP contribution in [-0.2, 0) is 0 Å². The number of aromatic nitrogens is 3. The summed E-state index contributed by atoms with van der Waals surface area (Å²) in [5.41, 5.74) is 7.40. The van der Waals surface area contributed by atoms with E-state index in [2.05, 4.69) is 199 Å². The van der Waals surface area contributed by atoms with E-state index in [1.807, 2.05) is 6.07 Å². The van der Waals surface area contributed by atoms with Gasteiger partial charge in [0.15, 0.2) is 5.82 Å². The Morgan fingerprint density at radius 2 is 0.797 bits per heavy atom. The van der Waals surface area contributed by atoms with Crippen molar-refractivity contribution < 1.29 is 0 Å². The van der Waals surface area contributed by atoms with Crippen LogP contribution in [0.1, 0.15) is 0 Å². The van der Waals surface area contributed by atoms with Gasteiger partial charge in [0.25, 0.3) is 0 Å². The molecule has 0 amide bonds. The van der Waals surface area contributed by atoms with Crippen molar-refractivity contribution in [2.45, 2.75) is 0 Å². The zero-order valence-electron chi connectivity index (χ0n) is 31.9. The van der Waals surface area contributed by atoms with Gasteiger partial charge in [-0.3, -0.25) is 4.57 Å². The molecule has 0 aliphatic rings. The van der Waals surface area contributed by atoms with Crippen LogP contribution in [0, 0.1) is 0 Å². The number of hydrogen-bond donors (Lipinski definition) is 0. The molecule has 0 saturated carbocycles.